The average Bonchev–Trinajstić information content (AvgIpc) is 3.12. The second-order valence-corrected chi connectivity index (χ2v) is 6.36. The van der Waals surface area contributed by atoms with E-state index in [4.69, 9.17) is 5.11 Å². The summed E-state index contributed by atoms with van der Waals surface area (Å²) in [6.07, 6.45) is 2.28. The molecule has 3 N–H and O–H groups in total. The fourth-order valence-corrected chi connectivity index (χ4v) is 3.10. The van der Waals surface area contributed by atoms with E-state index in [1.807, 2.05) is 0 Å². The van der Waals surface area contributed by atoms with Crippen LogP contribution in [0, 0.1) is 11.6 Å². The number of hydrogen-bond acceptors (Lipinski definition) is 3. The average molecular weight is 395 g/mol. The number of carboxylic acid groups (broad SMARTS) is 1. The third-order valence-corrected chi connectivity index (χ3v) is 4.54. The van der Waals surface area contributed by atoms with Crippen LogP contribution >= 0.6 is 0 Å². The van der Waals surface area contributed by atoms with Gasteiger partial charge in [-0.05, 0) is 36.4 Å². The zero-order valence-corrected chi connectivity index (χ0v) is 14.9. The van der Waals surface area contributed by atoms with Crippen molar-refractivity contribution in [2.75, 3.05) is 5.32 Å². The Morgan fingerprint density at radius 2 is 1.72 bits per heavy atom. The van der Waals surface area contributed by atoms with Gasteiger partial charge in [-0.3, -0.25) is 5.32 Å². The summed E-state index contributed by atoms with van der Waals surface area (Å²) in [4.78, 5) is 15.2. The Hall–Kier alpha value is -3.78. The van der Waals surface area contributed by atoms with Crippen molar-refractivity contribution in [3.63, 3.8) is 0 Å². The Labute approximate surface area is 163 Å². The van der Waals surface area contributed by atoms with Crippen LogP contribution in [-0.2, 0) is 6.61 Å². The summed E-state index contributed by atoms with van der Waals surface area (Å²) < 4.78 is 29.9. The molecule has 29 heavy (non-hydrogen) atoms. The van der Waals surface area contributed by atoms with E-state index in [1.54, 1.807) is 53.2 Å². The number of imidazole rings is 1. The van der Waals surface area contributed by atoms with Gasteiger partial charge in [0.1, 0.15) is 17.3 Å². The molecule has 0 bridgehead atoms. The quantitative estimate of drug-likeness (QED) is 0.474. The largest absolute Gasteiger partial charge is 0.465 e. The van der Waals surface area contributed by atoms with Gasteiger partial charge < -0.3 is 14.6 Å². The predicted octanol–water partition coefficient (Wildman–Crippen LogP) is 4.53. The fourth-order valence-electron chi connectivity index (χ4n) is 3.10. The Morgan fingerprint density at radius 1 is 1.00 bits per heavy atom. The summed E-state index contributed by atoms with van der Waals surface area (Å²) in [5, 5.41) is 20.2. The van der Waals surface area contributed by atoms with Gasteiger partial charge >= 0.3 is 6.09 Å². The minimum absolute atomic E-state index is 0.177. The Bertz CT molecular complexity index is 1220. The van der Waals surface area contributed by atoms with Crippen LogP contribution in [0.5, 0.6) is 0 Å². The van der Waals surface area contributed by atoms with Crippen molar-refractivity contribution in [2.24, 2.45) is 0 Å². The molecule has 0 saturated heterocycles. The maximum absolute atomic E-state index is 14.5. The normalized spacial score (nSPS) is 11.0. The minimum atomic E-state index is -1.14. The molecule has 6 nitrogen and oxygen atoms in total. The highest BCUT2D eigenvalue weighted by atomic mass is 19.1. The third-order valence-electron chi connectivity index (χ3n) is 4.54. The molecule has 0 aliphatic rings. The first-order valence-electron chi connectivity index (χ1n) is 8.63. The number of nitrogens with one attached hydrogen (secondary N) is 1. The topological polar surface area (TPSA) is 86.9 Å². The summed E-state index contributed by atoms with van der Waals surface area (Å²) in [7, 11) is 0. The number of hydrogen-bond donors (Lipinski definition) is 3. The number of nitrogens with zero attached hydrogens (tertiary/aromatic N) is 2. The molecule has 4 rings (SSSR count). The van der Waals surface area contributed by atoms with Crippen LogP contribution in [0.15, 0.2) is 60.9 Å². The van der Waals surface area contributed by atoms with E-state index in [0.717, 1.165) is 11.6 Å². The van der Waals surface area contributed by atoms with Gasteiger partial charge in [0.05, 0.1) is 12.3 Å². The number of halogens is 2. The van der Waals surface area contributed by atoms with Gasteiger partial charge in [-0.1, -0.05) is 12.1 Å². The molecular formula is C21H15F2N3O3. The lowest BCUT2D eigenvalue weighted by atomic mass is 10.0. The minimum Gasteiger partial charge on any atom is -0.465 e. The molecule has 146 valence electrons. The predicted molar refractivity (Wildman–Crippen MR) is 104 cm³/mol. The smallest absolute Gasteiger partial charge is 0.409 e. The van der Waals surface area contributed by atoms with Crippen molar-refractivity contribution in [1.82, 2.24) is 9.38 Å². The zero-order valence-electron chi connectivity index (χ0n) is 14.9. The first-order valence-corrected chi connectivity index (χ1v) is 8.63. The summed E-state index contributed by atoms with van der Waals surface area (Å²) >= 11 is 0. The first-order chi connectivity index (χ1) is 14.0. The van der Waals surface area contributed by atoms with E-state index in [1.165, 1.54) is 6.07 Å². The van der Waals surface area contributed by atoms with E-state index >= 15 is 0 Å². The standard InChI is InChI=1S/C21H15F2N3O3/c22-17-7-6-15(20(23)16(17)11-27)13-3-8-19-25-18(10-26(19)9-13)12-1-4-14(5-2-12)24-21(28)29/h1-10,24,27H,11H2,(H,28,29). The van der Waals surface area contributed by atoms with Crippen molar-refractivity contribution in [3.8, 4) is 22.4 Å². The van der Waals surface area contributed by atoms with Gasteiger partial charge in [0.2, 0.25) is 0 Å². The first kappa shape index (κ1) is 18.6. The number of carbonyl (C=O) groups is 1. The monoisotopic (exact) mass is 395 g/mol. The second-order valence-electron chi connectivity index (χ2n) is 6.36. The maximum atomic E-state index is 14.5. The van der Waals surface area contributed by atoms with E-state index in [-0.39, 0.29) is 11.1 Å². The molecule has 0 spiro atoms. The number of aliphatic hydroxyl groups excluding tert-OH is 1. The number of amides is 1. The van der Waals surface area contributed by atoms with Crippen LogP contribution in [-0.4, -0.2) is 25.7 Å². The highest BCUT2D eigenvalue weighted by molar-refractivity contribution is 5.83. The number of benzene rings is 2. The molecular weight excluding hydrogens is 380 g/mol. The second kappa shape index (κ2) is 7.33. The molecule has 1 amide bonds. The molecule has 0 fully saturated rings. The molecule has 2 heterocycles. The van der Waals surface area contributed by atoms with Crippen molar-refractivity contribution >= 4 is 17.4 Å². The summed E-state index contributed by atoms with van der Waals surface area (Å²) in [6, 6.07) is 12.6. The number of aromatic nitrogens is 2. The van der Waals surface area contributed by atoms with Gasteiger partial charge in [0.25, 0.3) is 0 Å². The molecule has 0 atom stereocenters. The van der Waals surface area contributed by atoms with Crippen LogP contribution < -0.4 is 5.32 Å². The van der Waals surface area contributed by atoms with Crippen molar-refractivity contribution < 1.29 is 23.8 Å². The van der Waals surface area contributed by atoms with Crippen LogP contribution in [0.1, 0.15) is 5.56 Å². The molecule has 4 aromatic rings. The van der Waals surface area contributed by atoms with Gasteiger partial charge in [-0.2, -0.15) is 0 Å². The highest BCUT2D eigenvalue weighted by Crippen LogP contribution is 2.28. The zero-order chi connectivity index (χ0) is 20.5. The van der Waals surface area contributed by atoms with Crippen molar-refractivity contribution in [1.29, 1.82) is 0 Å². The van der Waals surface area contributed by atoms with Gasteiger partial charge in [-0.25, -0.2) is 18.6 Å². The van der Waals surface area contributed by atoms with Crippen LogP contribution in [0.4, 0.5) is 19.3 Å². The lowest BCUT2D eigenvalue weighted by Gasteiger charge is -2.08. The summed E-state index contributed by atoms with van der Waals surface area (Å²) in [5.74, 6) is -1.59. The van der Waals surface area contributed by atoms with E-state index in [0.29, 0.717) is 22.6 Å². The molecule has 2 aromatic heterocycles. The lowest BCUT2D eigenvalue weighted by Crippen LogP contribution is -2.06. The van der Waals surface area contributed by atoms with Crippen molar-refractivity contribution in [2.45, 2.75) is 6.61 Å². The van der Waals surface area contributed by atoms with E-state index < -0.39 is 24.3 Å². The summed E-state index contributed by atoms with van der Waals surface area (Å²) in [6.45, 7) is -0.726. The number of pyridine rings is 1. The SMILES string of the molecule is O=C(O)Nc1ccc(-c2cn3cc(-c4ccc(F)c(CO)c4F)ccc3n2)cc1. The lowest BCUT2D eigenvalue weighted by molar-refractivity contribution is 0.209. The highest BCUT2D eigenvalue weighted by Gasteiger charge is 2.15. The molecule has 0 aliphatic heterocycles. The van der Waals surface area contributed by atoms with Crippen LogP contribution in [0.3, 0.4) is 0 Å². The Balaban J connectivity index is 1.71. The Morgan fingerprint density at radius 3 is 2.41 bits per heavy atom. The third kappa shape index (κ3) is 3.53. The maximum Gasteiger partial charge on any atom is 0.409 e. The number of rotatable bonds is 4. The van der Waals surface area contributed by atoms with E-state index in [2.05, 4.69) is 10.3 Å². The number of aliphatic hydroxyl groups is 1. The molecule has 2 aromatic carbocycles. The van der Waals surface area contributed by atoms with Gasteiger partial charge in [0, 0.05) is 40.3 Å². The molecule has 0 aliphatic carbocycles. The van der Waals surface area contributed by atoms with Crippen LogP contribution in [0.25, 0.3) is 28.0 Å². The summed E-state index contributed by atoms with van der Waals surface area (Å²) in [5.41, 5.74) is 2.82. The van der Waals surface area contributed by atoms with Gasteiger partial charge in [0.15, 0.2) is 0 Å². The molecule has 0 radical (unpaired) electrons. The van der Waals surface area contributed by atoms with Gasteiger partial charge in [-0.15, -0.1) is 0 Å². The molecule has 0 saturated carbocycles. The van der Waals surface area contributed by atoms with Crippen LogP contribution in [0.2, 0.25) is 0 Å². The Kier molecular flexibility index (Phi) is 4.69. The molecule has 0 unspecified atom stereocenters. The number of anilines is 1. The number of fused-ring (bicyclic) bond motifs is 1. The van der Waals surface area contributed by atoms with Crippen molar-refractivity contribution in [3.05, 3.63) is 78.1 Å². The molecule has 8 heteroatoms. The van der Waals surface area contributed by atoms with E-state index in [9.17, 15) is 18.7 Å². The fraction of sp³-hybridized carbons (Fsp3) is 0.0476.